The molecule has 0 saturated carbocycles. The van der Waals surface area contributed by atoms with Crippen LogP contribution in [0.4, 0.5) is 11.4 Å². The quantitative estimate of drug-likeness (QED) is 0.397. The zero-order chi connectivity index (χ0) is 23.7. The molecule has 4 aromatic rings. The summed E-state index contributed by atoms with van der Waals surface area (Å²) in [6.45, 7) is 6.22. The number of benzene rings is 3. The van der Waals surface area contributed by atoms with Gasteiger partial charge in [0, 0.05) is 10.9 Å². The van der Waals surface area contributed by atoms with Crippen LogP contribution in [0.5, 0.6) is 5.75 Å². The van der Waals surface area contributed by atoms with E-state index in [1.54, 1.807) is 0 Å². The van der Waals surface area contributed by atoms with E-state index in [1.165, 1.54) is 16.9 Å². The first-order valence-electron chi connectivity index (χ1n) is 11.0. The molecule has 3 aromatic carbocycles. The number of ether oxygens (including phenoxy) is 1. The van der Waals surface area contributed by atoms with Crippen molar-refractivity contribution in [1.29, 1.82) is 0 Å². The van der Waals surface area contributed by atoms with Crippen molar-refractivity contribution in [3.63, 3.8) is 0 Å². The van der Waals surface area contributed by atoms with Crippen LogP contribution in [0.3, 0.4) is 0 Å². The van der Waals surface area contributed by atoms with E-state index in [0.717, 1.165) is 38.4 Å². The molecule has 0 aliphatic carbocycles. The van der Waals surface area contributed by atoms with Gasteiger partial charge in [-0.1, -0.05) is 48.0 Å². The molecular formula is C27H24N4O2S. The number of aryl methyl sites for hydroxylation is 3. The molecule has 0 unspecified atom stereocenters. The van der Waals surface area contributed by atoms with Crippen LogP contribution in [0.1, 0.15) is 22.3 Å². The van der Waals surface area contributed by atoms with Crippen LogP contribution in [-0.4, -0.2) is 23.4 Å². The van der Waals surface area contributed by atoms with Gasteiger partial charge in [-0.05, 0) is 55.7 Å². The van der Waals surface area contributed by atoms with Crippen molar-refractivity contribution in [2.45, 2.75) is 20.8 Å². The molecule has 170 valence electrons. The molecular weight excluding hydrogens is 444 g/mol. The number of anilines is 1. The first kappa shape index (κ1) is 21.9. The van der Waals surface area contributed by atoms with Gasteiger partial charge in [-0.15, -0.1) is 11.3 Å². The van der Waals surface area contributed by atoms with Crippen LogP contribution in [0.25, 0.3) is 11.3 Å². The van der Waals surface area contributed by atoms with Gasteiger partial charge in [0.15, 0.2) is 6.61 Å². The molecule has 0 spiro atoms. The minimum atomic E-state index is -0.161. The fraction of sp³-hybridized carbons (Fsp3) is 0.148. The number of hydrogen-bond acceptors (Lipinski definition) is 5. The van der Waals surface area contributed by atoms with E-state index < -0.39 is 0 Å². The van der Waals surface area contributed by atoms with Crippen LogP contribution < -0.4 is 14.9 Å². The molecule has 0 fully saturated rings. The summed E-state index contributed by atoms with van der Waals surface area (Å²) in [5.41, 5.74) is 7.78. The van der Waals surface area contributed by atoms with Crippen molar-refractivity contribution < 1.29 is 9.53 Å². The third-order valence-corrected chi connectivity index (χ3v) is 6.42. The summed E-state index contributed by atoms with van der Waals surface area (Å²) < 4.78 is 7.37. The summed E-state index contributed by atoms with van der Waals surface area (Å²) in [4.78, 5) is 17.6. The summed E-state index contributed by atoms with van der Waals surface area (Å²) >= 11 is 1.52. The number of nitrogens with one attached hydrogen (secondary N) is 1. The molecule has 0 saturated heterocycles. The third-order valence-electron chi connectivity index (χ3n) is 5.60. The smallest absolute Gasteiger partial charge is 0.262 e. The van der Waals surface area contributed by atoms with E-state index in [4.69, 9.17) is 14.8 Å². The highest BCUT2D eigenvalue weighted by atomic mass is 32.1. The molecule has 1 aliphatic rings. The third kappa shape index (κ3) is 4.43. The van der Waals surface area contributed by atoms with E-state index >= 15 is 0 Å². The van der Waals surface area contributed by atoms with Gasteiger partial charge in [0.05, 0.1) is 23.3 Å². The predicted molar refractivity (Wildman–Crippen MR) is 137 cm³/mol. The first-order valence-corrected chi connectivity index (χ1v) is 11.9. The van der Waals surface area contributed by atoms with Gasteiger partial charge in [0.2, 0.25) is 4.80 Å². The molecule has 5 rings (SSSR count). The van der Waals surface area contributed by atoms with Gasteiger partial charge in [0.25, 0.3) is 5.91 Å². The number of aromatic nitrogens is 1. The Morgan fingerprint density at radius 3 is 2.62 bits per heavy atom. The summed E-state index contributed by atoms with van der Waals surface area (Å²) in [5, 5.41) is 9.74. The maximum atomic E-state index is 11.8. The lowest BCUT2D eigenvalue weighted by atomic mass is 10.1. The maximum Gasteiger partial charge on any atom is 0.262 e. The van der Waals surface area contributed by atoms with Gasteiger partial charge in [-0.2, -0.15) is 5.10 Å². The average molecular weight is 469 g/mol. The van der Waals surface area contributed by atoms with Gasteiger partial charge in [0.1, 0.15) is 5.75 Å². The zero-order valence-corrected chi connectivity index (χ0v) is 20.0. The minimum Gasteiger partial charge on any atom is -0.482 e. The van der Waals surface area contributed by atoms with Crippen LogP contribution in [-0.2, 0) is 4.79 Å². The second-order valence-corrected chi connectivity index (χ2v) is 9.11. The lowest BCUT2D eigenvalue weighted by Gasteiger charge is -2.18. The van der Waals surface area contributed by atoms with Crippen LogP contribution in [0.15, 0.2) is 76.1 Å². The highest BCUT2D eigenvalue weighted by Crippen LogP contribution is 2.33. The summed E-state index contributed by atoms with van der Waals surface area (Å²) in [6, 6.07) is 20.1. The van der Waals surface area contributed by atoms with Gasteiger partial charge in [-0.25, -0.2) is 9.67 Å². The Kier molecular flexibility index (Phi) is 5.86. The Bertz CT molecular complexity index is 1480. The van der Waals surface area contributed by atoms with Gasteiger partial charge < -0.3 is 10.1 Å². The molecule has 1 aromatic heterocycles. The van der Waals surface area contributed by atoms with E-state index in [0.29, 0.717) is 11.4 Å². The number of amides is 1. The minimum absolute atomic E-state index is 0.0321. The topological polar surface area (TPSA) is 68.0 Å². The second kappa shape index (κ2) is 9.11. The normalized spacial score (nSPS) is 13.6. The Hall–Kier alpha value is -3.97. The van der Waals surface area contributed by atoms with Crippen molar-refractivity contribution in [2.75, 3.05) is 11.9 Å². The van der Waals surface area contributed by atoms with Crippen molar-refractivity contribution in [3.05, 3.63) is 93.1 Å². The largest absolute Gasteiger partial charge is 0.482 e. The number of carbonyl (C=O) groups excluding carboxylic acids is 1. The zero-order valence-electron chi connectivity index (χ0n) is 19.2. The molecule has 1 aliphatic heterocycles. The van der Waals surface area contributed by atoms with Crippen molar-refractivity contribution in [1.82, 2.24) is 4.68 Å². The molecule has 34 heavy (non-hydrogen) atoms. The van der Waals surface area contributed by atoms with Crippen LogP contribution in [0, 0.1) is 20.8 Å². The van der Waals surface area contributed by atoms with Crippen molar-refractivity contribution in [3.8, 4) is 17.0 Å². The first-order chi connectivity index (χ1) is 16.5. The Balaban J connectivity index is 1.66. The van der Waals surface area contributed by atoms with Crippen LogP contribution >= 0.6 is 11.3 Å². The van der Waals surface area contributed by atoms with E-state index in [9.17, 15) is 4.79 Å². The van der Waals surface area contributed by atoms with Crippen molar-refractivity contribution in [2.24, 2.45) is 10.1 Å². The number of fused-ring (bicyclic) bond motifs is 1. The molecule has 0 radical (unpaired) electrons. The second-order valence-electron chi connectivity index (χ2n) is 8.27. The van der Waals surface area contributed by atoms with Crippen molar-refractivity contribution >= 4 is 34.8 Å². The van der Waals surface area contributed by atoms with Gasteiger partial charge in [-0.3, -0.25) is 4.79 Å². The maximum absolute atomic E-state index is 11.8. The Labute approximate surface area is 201 Å². The molecule has 0 atom stereocenters. The average Bonchev–Trinajstić information content (AvgIpc) is 3.22. The monoisotopic (exact) mass is 468 g/mol. The molecule has 7 heteroatoms. The summed E-state index contributed by atoms with van der Waals surface area (Å²) in [7, 11) is 0. The fourth-order valence-electron chi connectivity index (χ4n) is 3.88. The highest BCUT2D eigenvalue weighted by molar-refractivity contribution is 7.07. The predicted octanol–water partition coefficient (Wildman–Crippen LogP) is 5.59. The van der Waals surface area contributed by atoms with E-state index in [1.807, 2.05) is 52.7 Å². The van der Waals surface area contributed by atoms with E-state index in [-0.39, 0.29) is 12.5 Å². The number of carbonyl (C=O) groups is 1. The summed E-state index contributed by atoms with van der Waals surface area (Å²) in [5.74, 6) is 0.500. The number of hydrogen-bond donors (Lipinski definition) is 1. The number of nitrogens with zero attached hydrogens (tertiary/aromatic N) is 3. The molecule has 6 nitrogen and oxygen atoms in total. The molecule has 2 heterocycles. The SMILES string of the molecule is Cc1cccc(C=Nn2c(-c3ccc4c(c3)NC(=O)CO4)csc2=Nc2c(C)cccc2C)c1. The molecule has 1 amide bonds. The standard InChI is InChI=1S/C27H24N4O2S/c1-17-6-4-9-20(12-17)14-28-31-23(21-10-11-24-22(13-21)29-25(32)15-33-24)16-34-27(31)30-26-18(2)7-5-8-19(26)3/h4-14,16H,15H2,1-3H3,(H,29,32). The number of rotatable bonds is 4. The molecule has 0 bridgehead atoms. The van der Waals surface area contributed by atoms with E-state index in [2.05, 4.69) is 50.4 Å². The Morgan fingerprint density at radius 2 is 1.82 bits per heavy atom. The van der Waals surface area contributed by atoms with Gasteiger partial charge >= 0.3 is 0 Å². The number of para-hydroxylation sites is 1. The molecule has 1 N–H and O–H groups in total. The Morgan fingerprint density at radius 1 is 1.03 bits per heavy atom. The fourth-order valence-corrected chi connectivity index (χ4v) is 4.72. The number of thiazole rings is 1. The summed E-state index contributed by atoms with van der Waals surface area (Å²) in [6.07, 6.45) is 1.84. The van der Waals surface area contributed by atoms with Crippen LogP contribution in [0.2, 0.25) is 0 Å². The lowest BCUT2D eigenvalue weighted by Crippen LogP contribution is -2.25. The highest BCUT2D eigenvalue weighted by Gasteiger charge is 2.18. The lowest BCUT2D eigenvalue weighted by molar-refractivity contribution is -0.118.